The fourth-order valence-electron chi connectivity index (χ4n) is 2.81. The van der Waals surface area contributed by atoms with E-state index in [4.69, 9.17) is 5.84 Å². The smallest absolute Gasteiger partial charge is 0.159 e. The van der Waals surface area contributed by atoms with Gasteiger partial charge in [-0.3, -0.25) is 4.98 Å². The molecule has 0 spiro atoms. The average molecular weight is 313 g/mol. The highest BCUT2D eigenvalue weighted by molar-refractivity contribution is 6.03. The van der Waals surface area contributed by atoms with Gasteiger partial charge in [0.05, 0.1) is 16.9 Å². The highest BCUT2D eigenvalue weighted by Crippen LogP contribution is 2.19. The molecule has 0 saturated heterocycles. The number of fused-ring (bicyclic) bond motifs is 2. The molecule has 4 rings (SSSR count). The molecule has 0 aliphatic carbocycles. The van der Waals surface area contributed by atoms with Crippen LogP contribution in [0.15, 0.2) is 72.1 Å². The van der Waals surface area contributed by atoms with Crippen molar-refractivity contribution >= 4 is 27.6 Å². The summed E-state index contributed by atoms with van der Waals surface area (Å²) in [5, 5.41) is 6.06. The van der Waals surface area contributed by atoms with Crippen molar-refractivity contribution in [1.29, 1.82) is 0 Å². The topological polar surface area (TPSA) is 77.0 Å². The first-order valence-corrected chi connectivity index (χ1v) is 7.67. The molecular weight excluding hydrogens is 298 g/mol. The minimum atomic E-state index is 0.588. The van der Waals surface area contributed by atoms with Gasteiger partial charge in [0, 0.05) is 29.6 Å². The zero-order valence-corrected chi connectivity index (χ0v) is 12.9. The first kappa shape index (κ1) is 14.3. The third-order valence-electron chi connectivity index (χ3n) is 4.01. The fraction of sp³-hybridized carbons (Fsp3) is 0.0526. The maximum Gasteiger partial charge on any atom is 0.159 e. The van der Waals surface area contributed by atoms with Gasteiger partial charge in [-0.05, 0) is 42.0 Å². The van der Waals surface area contributed by atoms with Crippen LogP contribution in [0, 0.1) is 0 Å². The van der Waals surface area contributed by atoms with E-state index in [1.807, 2.05) is 48.5 Å². The van der Waals surface area contributed by atoms with E-state index in [0.29, 0.717) is 12.1 Å². The van der Waals surface area contributed by atoms with Crippen LogP contribution in [0.4, 0.5) is 0 Å². The van der Waals surface area contributed by atoms with Gasteiger partial charge in [-0.1, -0.05) is 18.2 Å². The van der Waals surface area contributed by atoms with Gasteiger partial charge in [-0.2, -0.15) is 5.10 Å². The van der Waals surface area contributed by atoms with E-state index in [2.05, 4.69) is 26.1 Å². The molecule has 24 heavy (non-hydrogen) atoms. The summed E-state index contributed by atoms with van der Waals surface area (Å²) in [4.78, 5) is 13.3. The van der Waals surface area contributed by atoms with Crippen molar-refractivity contribution in [2.45, 2.75) is 6.42 Å². The maximum atomic E-state index is 5.65. The lowest BCUT2D eigenvalue weighted by Gasteiger charge is -2.08. The van der Waals surface area contributed by atoms with Crippen LogP contribution in [0.2, 0.25) is 0 Å². The van der Waals surface area contributed by atoms with Crippen molar-refractivity contribution in [3.8, 4) is 0 Å². The second-order valence-electron chi connectivity index (χ2n) is 5.49. The number of hydrogen-bond acceptors (Lipinski definition) is 5. The lowest BCUT2D eigenvalue weighted by molar-refractivity contribution is 1.16. The van der Waals surface area contributed by atoms with E-state index in [-0.39, 0.29) is 0 Å². The molecule has 0 aliphatic heterocycles. The number of rotatable bonds is 3. The zero-order chi connectivity index (χ0) is 16.4. The van der Waals surface area contributed by atoms with E-state index in [1.165, 1.54) is 0 Å². The maximum absolute atomic E-state index is 5.65. The predicted octanol–water partition coefficient (Wildman–Crippen LogP) is 3.08. The van der Waals surface area contributed by atoms with Crippen molar-refractivity contribution in [2.24, 2.45) is 10.9 Å². The number of hydrogen-bond donors (Lipinski definition) is 1. The minimum Gasteiger partial charge on any atom is -0.323 e. The van der Waals surface area contributed by atoms with E-state index in [9.17, 15) is 0 Å². The van der Waals surface area contributed by atoms with Crippen molar-refractivity contribution < 1.29 is 0 Å². The first-order valence-electron chi connectivity index (χ1n) is 7.67. The zero-order valence-electron chi connectivity index (χ0n) is 12.9. The molecule has 1 aromatic carbocycles. The Morgan fingerprint density at radius 3 is 2.75 bits per heavy atom. The largest absolute Gasteiger partial charge is 0.323 e. The Morgan fingerprint density at radius 1 is 0.917 bits per heavy atom. The van der Waals surface area contributed by atoms with Crippen LogP contribution in [0.5, 0.6) is 0 Å². The lowest BCUT2D eigenvalue weighted by atomic mass is 10.0. The van der Waals surface area contributed by atoms with E-state index in [1.54, 1.807) is 12.4 Å². The standard InChI is InChI=1S/C19H15N5/c20-24-18(17-8-7-13-4-3-10-22-19(13)23-17)12-14-9-11-21-16-6-2-1-5-15(14)16/h1-11H,12,20H2. The molecule has 0 unspecified atom stereocenters. The number of nitrogens with zero attached hydrogens (tertiary/aromatic N) is 4. The number of hydrazone groups is 1. The lowest BCUT2D eigenvalue weighted by Crippen LogP contribution is -2.11. The Balaban J connectivity index is 1.75. The van der Waals surface area contributed by atoms with Gasteiger partial charge in [0.2, 0.25) is 0 Å². The van der Waals surface area contributed by atoms with Crippen molar-refractivity contribution in [3.05, 3.63) is 78.2 Å². The number of nitrogens with two attached hydrogens (primary N) is 1. The van der Waals surface area contributed by atoms with Gasteiger partial charge in [-0.25, -0.2) is 9.97 Å². The van der Waals surface area contributed by atoms with Gasteiger partial charge >= 0.3 is 0 Å². The molecule has 116 valence electrons. The Hall–Kier alpha value is -3.34. The normalized spacial score (nSPS) is 11.9. The molecule has 0 radical (unpaired) electrons. The molecule has 2 N–H and O–H groups in total. The molecule has 3 aromatic heterocycles. The van der Waals surface area contributed by atoms with Crippen molar-refractivity contribution in [2.75, 3.05) is 0 Å². The molecule has 0 bridgehead atoms. The van der Waals surface area contributed by atoms with Crippen LogP contribution in [0.1, 0.15) is 11.3 Å². The highest BCUT2D eigenvalue weighted by atomic mass is 15.1. The van der Waals surface area contributed by atoms with Crippen LogP contribution in [-0.2, 0) is 6.42 Å². The molecule has 3 heterocycles. The summed E-state index contributed by atoms with van der Waals surface area (Å²) in [5.74, 6) is 5.65. The quantitative estimate of drug-likeness (QED) is 0.358. The molecule has 4 aromatic rings. The third-order valence-corrected chi connectivity index (χ3v) is 4.01. The third kappa shape index (κ3) is 2.56. The fourth-order valence-corrected chi connectivity index (χ4v) is 2.81. The number of aromatic nitrogens is 3. The van der Waals surface area contributed by atoms with E-state index >= 15 is 0 Å². The minimum absolute atomic E-state index is 0.588. The van der Waals surface area contributed by atoms with Gasteiger partial charge < -0.3 is 5.84 Å². The molecule has 0 saturated carbocycles. The molecule has 5 nitrogen and oxygen atoms in total. The van der Waals surface area contributed by atoms with Crippen LogP contribution in [0.3, 0.4) is 0 Å². The van der Waals surface area contributed by atoms with Gasteiger partial charge in [0.1, 0.15) is 0 Å². The summed E-state index contributed by atoms with van der Waals surface area (Å²) in [6, 6.07) is 17.8. The van der Waals surface area contributed by atoms with Crippen LogP contribution < -0.4 is 5.84 Å². The summed E-state index contributed by atoms with van der Waals surface area (Å²) in [6.45, 7) is 0. The van der Waals surface area contributed by atoms with Gasteiger partial charge in [0.15, 0.2) is 5.65 Å². The summed E-state index contributed by atoms with van der Waals surface area (Å²) in [5.41, 5.74) is 4.23. The Labute approximate surface area is 138 Å². The summed E-state index contributed by atoms with van der Waals surface area (Å²) >= 11 is 0. The number of pyridine rings is 3. The summed E-state index contributed by atoms with van der Waals surface area (Å²) < 4.78 is 0. The predicted molar refractivity (Wildman–Crippen MR) is 95.7 cm³/mol. The summed E-state index contributed by atoms with van der Waals surface area (Å²) in [6.07, 6.45) is 4.13. The molecular formula is C19H15N5. The molecule has 0 fully saturated rings. The monoisotopic (exact) mass is 313 g/mol. The van der Waals surface area contributed by atoms with Gasteiger partial charge in [-0.15, -0.1) is 0 Å². The van der Waals surface area contributed by atoms with Crippen LogP contribution in [-0.4, -0.2) is 20.7 Å². The Bertz CT molecular complexity index is 1050. The van der Waals surface area contributed by atoms with Crippen molar-refractivity contribution in [1.82, 2.24) is 15.0 Å². The van der Waals surface area contributed by atoms with Crippen molar-refractivity contribution in [3.63, 3.8) is 0 Å². The Kier molecular flexibility index (Phi) is 3.59. The molecule has 0 amide bonds. The number of para-hydroxylation sites is 1. The molecule has 0 aliphatic rings. The SMILES string of the molecule is NN=C(Cc1ccnc2ccccc12)c1ccc2cccnc2n1. The molecule has 5 heteroatoms. The Morgan fingerprint density at radius 2 is 1.83 bits per heavy atom. The summed E-state index contributed by atoms with van der Waals surface area (Å²) in [7, 11) is 0. The molecule has 0 atom stereocenters. The first-order chi connectivity index (χ1) is 11.8. The van der Waals surface area contributed by atoms with E-state index < -0.39 is 0 Å². The van der Waals surface area contributed by atoms with Crippen LogP contribution in [0.25, 0.3) is 21.9 Å². The average Bonchev–Trinajstić information content (AvgIpc) is 2.66. The second-order valence-corrected chi connectivity index (χ2v) is 5.49. The number of benzene rings is 1. The second kappa shape index (κ2) is 6.04. The van der Waals surface area contributed by atoms with Gasteiger partial charge in [0.25, 0.3) is 0 Å². The van der Waals surface area contributed by atoms with E-state index in [0.717, 1.165) is 33.3 Å². The van der Waals surface area contributed by atoms with Crippen LogP contribution >= 0.6 is 0 Å². The highest BCUT2D eigenvalue weighted by Gasteiger charge is 2.10.